The van der Waals surface area contributed by atoms with Gasteiger partial charge in [0.15, 0.2) is 5.76 Å². The van der Waals surface area contributed by atoms with Crippen LogP contribution in [-0.2, 0) is 10.0 Å². The quantitative estimate of drug-likeness (QED) is 0.751. The molecule has 0 spiro atoms. The first-order valence-electron chi connectivity index (χ1n) is 7.66. The van der Waals surface area contributed by atoms with Crippen molar-refractivity contribution in [3.63, 3.8) is 0 Å². The van der Waals surface area contributed by atoms with Crippen LogP contribution in [0.25, 0.3) is 11.3 Å². The summed E-state index contributed by atoms with van der Waals surface area (Å²) in [5, 5.41) is 0. The first-order valence-corrected chi connectivity index (χ1v) is 9.14. The molecule has 3 rings (SSSR count). The van der Waals surface area contributed by atoms with Crippen LogP contribution in [-0.4, -0.2) is 13.4 Å². The largest absolute Gasteiger partial charge is 0.439 e. The van der Waals surface area contributed by atoms with Gasteiger partial charge in [-0.1, -0.05) is 17.7 Å². The van der Waals surface area contributed by atoms with Crippen molar-refractivity contribution in [2.45, 2.75) is 24.8 Å². The number of rotatable bonds is 5. The van der Waals surface area contributed by atoms with E-state index >= 15 is 0 Å². The first kappa shape index (κ1) is 17.3. The van der Waals surface area contributed by atoms with Crippen molar-refractivity contribution in [1.29, 1.82) is 0 Å². The molecule has 0 saturated heterocycles. The minimum absolute atomic E-state index is 0.176. The van der Waals surface area contributed by atoms with E-state index in [9.17, 15) is 12.8 Å². The number of hydrogen-bond acceptors (Lipinski definition) is 4. The van der Waals surface area contributed by atoms with Crippen LogP contribution in [0.4, 0.5) is 4.39 Å². The highest BCUT2D eigenvalue weighted by Crippen LogP contribution is 2.24. The van der Waals surface area contributed by atoms with Crippen molar-refractivity contribution in [3.8, 4) is 11.3 Å². The van der Waals surface area contributed by atoms with Gasteiger partial charge in [0.05, 0.1) is 17.1 Å². The van der Waals surface area contributed by atoms with Crippen LogP contribution < -0.4 is 4.72 Å². The second-order valence-corrected chi connectivity index (χ2v) is 7.44. The summed E-state index contributed by atoms with van der Waals surface area (Å²) in [7, 11) is -3.69. The zero-order valence-electron chi connectivity index (χ0n) is 13.7. The van der Waals surface area contributed by atoms with Crippen LogP contribution >= 0.6 is 0 Å². The van der Waals surface area contributed by atoms with Gasteiger partial charge >= 0.3 is 0 Å². The van der Waals surface area contributed by atoms with E-state index in [1.807, 2.05) is 6.92 Å². The fourth-order valence-corrected chi connectivity index (χ4v) is 3.50. The number of sulfonamides is 1. The Kier molecular flexibility index (Phi) is 4.69. The van der Waals surface area contributed by atoms with Crippen LogP contribution in [0.1, 0.15) is 24.4 Å². The summed E-state index contributed by atoms with van der Waals surface area (Å²) < 4.78 is 46.0. The van der Waals surface area contributed by atoms with Crippen LogP contribution in [0, 0.1) is 12.7 Å². The number of nitrogens with one attached hydrogen (secondary N) is 1. The molecular formula is C18H17FN2O3S. The van der Waals surface area contributed by atoms with E-state index in [0.717, 1.165) is 5.56 Å². The fourth-order valence-electron chi connectivity index (χ4n) is 2.30. The standard InChI is InChI=1S/C18H17FN2O3S/c1-12-3-9-16(10-4-12)25(22,23)21-13(2)18-20-11-17(24-18)14-5-7-15(19)8-6-14/h3-11,13,21H,1-2H3. The van der Waals surface area contributed by atoms with Crippen molar-refractivity contribution >= 4 is 10.0 Å². The number of aryl methyl sites for hydroxylation is 1. The highest BCUT2D eigenvalue weighted by molar-refractivity contribution is 7.89. The smallest absolute Gasteiger partial charge is 0.241 e. The number of hydrogen-bond donors (Lipinski definition) is 1. The third-order valence-electron chi connectivity index (χ3n) is 3.69. The molecule has 3 aromatic rings. The van der Waals surface area contributed by atoms with E-state index in [-0.39, 0.29) is 16.6 Å². The molecule has 0 aliphatic rings. The summed E-state index contributed by atoms with van der Waals surface area (Å²) >= 11 is 0. The van der Waals surface area contributed by atoms with Crippen molar-refractivity contribution in [1.82, 2.24) is 9.71 Å². The molecule has 0 amide bonds. The Hall–Kier alpha value is -2.51. The van der Waals surface area contributed by atoms with E-state index in [2.05, 4.69) is 9.71 Å². The molecule has 1 N–H and O–H groups in total. The lowest BCUT2D eigenvalue weighted by Gasteiger charge is -2.11. The maximum absolute atomic E-state index is 13.0. The molecule has 0 aliphatic carbocycles. The predicted molar refractivity (Wildman–Crippen MR) is 91.8 cm³/mol. The summed E-state index contributed by atoms with van der Waals surface area (Å²) in [5.74, 6) is 0.328. The van der Waals surface area contributed by atoms with Gasteiger partial charge < -0.3 is 4.42 Å². The van der Waals surface area contributed by atoms with Gasteiger partial charge in [-0.25, -0.2) is 17.8 Å². The highest BCUT2D eigenvalue weighted by Gasteiger charge is 2.21. The molecule has 0 bridgehead atoms. The van der Waals surface area contributed by atoms with Crippen LogP contribution in [0.15, 0.2) is 64.0 Å². The second kappa shape index (κ2) is 6.78. The normalized spacial score (nSPS) is 12.9. The SMILES string of the molecule is Cc1ccc(S(=O)(=O)NC(C)c2ncc(-c3ccc(F)cc3)o2)cc1. The van der Waals surface area contributed by atoms with Gasteiger partial charge in [-0.15, -0.1) is 0 Å². The molecule has 1 atom stereocenters. The van der Waals surface area contributed by atoms with Gasteiger partial charge in [-0.3, -0.25) is 0 Å². The van der Waals surface area contributed by atoms with E-state index in [4.69, 9.17) is 4.42 Å². The number of aromatic nitrogens is 1. The van der Waals surface area contributed by atoms with Crippen molar-refractivity contribution in [3.05, 3.63) is 72.0 Å². The van der Waals surface area contributed by atoms with Gasteiger partial charge in [0.2, 0.25) is 15.9 Å². The third-order valence-corrected chi connectivity index (χ3v) is 5.24. The molecule has 0 saturated carbocycles. The summed E-state index contributed by atoms with van der Waals surface area (Å²) in [6, 6.07) is 11.7. The number of benzene rings is 2. The molecular weight excluding hydrogens is 343 g/mol. The van der Waals surface area contributed by atoms with Gasteiger partial charge in [-0.2, -0.15) is 4.72 Å². The van der Waals surface area contributed by atoms with Gasteiger partial charge in [0, 0.05) is 5.56 Å². The summed E-state index contributed by atoms with van der Waals surface area (Å²) in [6.07, 6.45) is 1.49. The third kappa shape index (κ3) is 3.94. The predicted octanol–water partition coefficient (Wildman–Crippen LogP) is 3.83. The highest BCUT2D eigenvalue weighted by atomic mass is 32.2. The maximum atomic E-state index is 13.0. The zero-order chi connectivity index (χ0) is 18.0. The molecule has 0 fully saturated rings. The number of oxazole rings is 1. The molecule has 2 aromatic carbocycles. The molecule has 0 aliphatic heterocycles. The van der Waals surface area contributed by atoms with Gasteiger partial charge in [0.25, 0.3) is 0 Å². The average Bonchev–Trinajstić information content (AvgIpc) is 3.06. The molecule has 1 aromatic heterocycles. The lowest BCUT2D eigenvalue weighted by molar-refractivity contribution is 0.452. The Morgan fingerprint density at radius 2 is 1.72 bits per heavy atom. The van der Waals surface area contributed by atoms with Gasteiger partial charge in [0.1, 0.15) is 5.82 Å². The van der Waals surface area contributed by atoms with E-state index in [1.165, 1.54) is 18.3 Å². The van der Waals surface area contributed by atoms with Crippen LogP contribution in [0.5, 0.6) is 0 Å². The monoisotopic (exact) mass is 360 g/mol. The molecule has 1 heterocycles. The topological polar surface area (TPSA) is 72.2 Å². The summed E-state index contributed by atoms with van der Waals surface area (Å²) in [6.45, 7) is 3.53. The second-order valence-electron chi connectivity index (χ2n) is 5.73. The minimum atomic E-state index is -3.69. The average molecular weight is 360 g/mol. The van der Waals surface area contributed by atoms with Crippen LogP contribution in [0.2, 0.25) is 0 Å². The van der Waals surface area contributed by atoms with E-state index in [1.54, 1.807) is 43.3 Å². The first-order chi connectivity index (χ1) is 11.8. The van der Waals surface area contributed by atoms with Crippen LogP contribution in [0.3, 0.4) is 0 Å². The van der Waals surface area contributed by atoms with E-state index in [0.29, 0.717) is 11.3 Å². The molecule has 0 radical (unpaired) electrons. The maximum Gasteiger partial charge on any atom is 0.241 e. The number of nitrogens with zero attached hydrogens (tertiary/aromatic N) is 1. The molecule has 130 valence electrons. The van der Waals surface area contributed by atoms with Crippen molar-refractivity contribution < 1.29 is 17.2 Å². The molecule has 7 heteroatoms. The lowest BCUT2D eigenvalue weighted by Crippen LogP contribution is -2.27. The Labute approximate surface area is 145 Å². The van der Waals surface area contributed by atoms with Crippen molar-refractivity contribution in [2.75, 3.05) is 0 Å². The van der Waals surface area contributed by atoms with Gasteiger partial charge in [-0.05, 0) is 50.2 Å². The molecule has 1 unspecified atom stereocenters. The minimum Gasteiger partial charge on any atom is -0.439 e. The molecule has 5 nitrogen and oxygen atoms in total. The zero-order valence-corrected chi connectivity index (χ0v) is 14.5. The number of halogens is 1. The Balaban J connectivity index is 1.78. The summed E-state index contributed by atoms with van der Waals surface area (Å²) in [5.41, 5.74) is 1.64. The van der Waals surface area contributed by atoms with Crippen molar-refractivity contribution in [2.24, 2.45) is 0 Å². The Morgan fingerprint density at radius 1 is 1.08 bits per heavy atom. The Morgan fingerprint density at radius 3 is 2.36 bits per heavy atom. The lowest BCUT2D eigenvalue weighted by atomic mass is 10.2. The Bertz CT molecular complexity index is 964. The van der Waals surface area contributed by atoms with E-state index < -0.39 is 16.1 Å². The molecule has 25 heavy (non-hydrogen) atoms. The fraction of sp³-hybridized carbons (Fsp3) is 0.167. The summed E-state index contributed by atoms with van der Waals surface area (Å²) in [4.78, 5) is 4.30.